The van der Waals surface area contributed by atoms with Gasteiger partial charge in [0.05, 0.1) is 18.3 Å². The number of rotatable bonds is 3. The maximum absolute atomic E-state index is 6.42. The molecule has 0 saturated carbocycles. The number of thiazole rings is 1. The van der Waals surface area contributed by atoms with E-state index in [2.05, 4.69) is 52.9 Å². The Hall–Kier alpha value is -0.920. The molecule has 2 aromatic heterocycles. The van der Waals surface area contributed by atoms with Gasteiger partial charge in [-0.05, 0) is 46.7 Å². The average molecular weight is 445 g/mol. The number of hydrogen-bond acceptors (Lipinski definition) is 4. The Kier molecular flexibility index (Phi) is 4.56. The molecule has 22 heavy (non-hydrogen) atoms. The first-order valence-corrected chi connectivity index (χ1v) is 9.13. The summed E-state index contributed by atoms with van der Waals surface area (Å²) in [7, 11) is 1.61. The highest BCUT2D eigenvalue weighted by atomic mass is 127. The summed E-state index contributed by atoms with van der Waals surface area (Å²) in [6, 6.07) is 5.91. The molecular formula is C16H14ClIN2OS. The number of fused-ring (bicyclic) bond motifs is 1. The zero-order valence-corrected chi connectivity index (χ0v) is 16.1. The lowest BCUT2D eigenvalue weighted by atomic mass is 10.1. The fourth-order valence-electron chi connectivity index (χ4n) is 2.13. The molecule has 0 bridgehead atoms. The monoisotopic (exact) mass is 444 g/mol. The van der Waals surface area contributed by atoms with Crippen LogP contribution < -0.4 is 4.74 Å². The number of methoxy groups -OCH3 is 1. The second-order valence-electron chi connectivity index (χ2n) is 5.20. The quantitative estimate of drug-likeness (QED) is 0.483. The predicted octanol–water partition coefficient (Wildman–Crippen LogP) is 5.75. The van der Waals surface area contributed by atoms with Crippen molar-refractivity contribution in [1.29, 1.82) is 0 Å². The molecule has 1 aromatic carbocycles. The third-order valence-electron chi connectivity index (χ3n) is 3.39. The Morgan fingerprint density at radius 1 is 1.27 bits per heavy atom. The summed E-state index contributed by atoms with van der Waals surface area (Å²) >= 11 is 10.3. The lowest BCUT2D eigenvalue weighted by Crippen LogP contribution is -1.93. The number of pyridine rings is 1. The van der Waals surface area contributed by atoms with Crippen LogP contribution in [-0.2, 0) is 0 Å². The van der Waals surface area contributed by atoms with E-state index in [0.717, 1.165) is 30.9 Å². The van der Waals surface area contributed by atoms with Gasteiger partial charge in [0.25, 0.3) is 0 Å². The summed E-state index contributed by atoms with van der Waals surface area (Å²) in [5.74, 6) is 1.05. The summed E-state index contributed by atoms with van der Waals surface area (Å²) in [6.45, 7) is 4.27. The number of hydrogen-bond donors (Lipinski definition) is 0. The first-order chi connectivity index (χ1) is 10.5. The van der Waals surface area contributed by atoms with E-state index in [-0.39, 0.29) is 0 Å². The van der Waals surface area contributed by atoms with Crippen molar-refractivity contribution in [2.24, 2.45) is 0 Å². The summed E-state index contributed by atoms with van der Waals surface area (Å²) in [5, 5.41) is 4.57. The van der Waals surface area contributed by atoms with E-state index in [4.69, 9.17) is 21.3 Å². The van der Waals surface area contributed by atoms with Gasteiger partial charge < -0.3 is 4.74 Å². The molecule has 0 unspecified atom stereocenters. The van der Waals surface area contributed by atoms with Gasteiger partial charge in [-0.25, -0.2) is 9.97 Å². The minimum atomic E-state index is 0.410. The van der Waals surface area contributed by atoms with E-state index >= 15 is 0 Å². The van der Waals surface area contributed by atoms with E-state index in [1.165, 1.54) is 0 Å². The molecule has 0 aliphatic heterocycles. The Labute approximate surface area is 151 Å². The van der Waals surface area contributed by atoms with E-state index in [9.17, 15) is 0 Å². The highest BCUT2D eigenvalue weighted by molar-refractivity contribution is 14.1. The zero-order valence-electron chi connectivity index (χ0n) is 12.4. The van der Waals surface area contributed by atoms with Gasteiger partial charge in [-0.15, -0.1) is 11.3 Å². The van der Waals surface area contributed by atoms with Gasteiger partial charge >= 0.3 is 0 Å². The number of benzene rings is 1. The molecule has 0 N–H and O–H groups in total. The average Bonchev–Trinajstić information content (AvgIpc) is 2.98. The molecule has 0 amide bonds. The minimum absolute atomic E-state index is 0.410. The van der Waals surface area contributed by atoms with Crippen molar-refractivity contribution < 1.29 is 4.74 Å². The molecule has 0 fully saturated rings. The highest BCUT2D eigenvalue weighted by Gasteiger charge is 2.14. The second kappa shape index (κ2) is 6.29. The van der Waals surface area contributed by atoms with Crippen molar-refractivity contribution in [2.75, 3.05) is 7.11 Å². The van der Waals surface area contributed by atoms with Gasteiger partial charge in [0.15, 0.2) is 0 Å². The number of aromatic nitrogens is 2. The molecule has 0 spiro atoms. The maximum Gasteiger partial charge on any atom is 0.142 e. The molecule has 2 heterocycles. The van der Waals surface area contributed by atoms with Crippen LogP contribution in [0.2, 0.25) is 5.02 Å². The van der Waals surface area contributed by atoms with E-state index in [0.29, 0.717) is 16.7 Å². The fourth-order valence-corrected chi connectivity index (χ4v) is 4.09. The smallest absolute Gasteiger partial charge is 0.142 e. The molecule has 0 atom stereocenters. The molecule has 114 valence electrons. The van der Waals surface area contributed by atoms with Gasteiger partial charge in [0.2, 0.25) is 0 Å². The van der Waals surface area contributed by atoms with Crippen LogP contribution in [0.1, 0.15) is 25.5 Å². The van der Waals surface area contributed by atoms with Gasteiger partial charge in [0.1, 0.15) is 21.5 Å². The van der Waals surface area contributed by atoms with Crippen LogP contribution in [0.3, 0.4) is 0 Å². The van der Waals surface area contributed by atoms with Crippen molar-refractivity contribution in [1.82, 2.24) is 9.97 Å². The molecule has 6 heteroatoms. The minimum Gasteiger partial charge on any atom is -0.495 e. The predicted molar refractivity (Wildman–Crippen MR) is 101 cm³/mol. The SMILES string of the molecule is COc1ccc2c(I)cc(-c3nc(C(C)C)cs3)nc2c1Cl. The Morgan fingerprint density at radius 3 is 2.68 bits per heavy atom. The van der Waals surface area contributed by atoms with Crippen LogP contribution in [0.25, 0.3) is 21.6 Å². The molecular weight excluding hydrogens is 431 g/mol. The lowest BCUT2D eigenvalue weighted by molar-refractivity contribution is 0.415. The van der Waals surface area contributed by atoms with Gasteiger partial charge in [-0.2, -0.15) is 0 Å². The van der Waals surface area contributed by atoms with E-state index < -0.39 is 0 Å². The van der Waals surface area contributed by atoms with Crippen molar-refractivity contribution in [3.8, 4) is 16.5 Å². The first-order valence-electron chi connectivity index (χ1n) is 6.79. The van der Waals surface area contributed by atoms with Crippen LogP contribution in [0, 0.1) is 3.57 Å². The number of halogens is 2. The third kappa shape index (κ3) is 2.81. The first kappa shape index (κ1) is 16.0. The highest BCUT2D eigenvalue weighted by Crippen LogP contribution is 2.36. The van der Waals surface area contributed by atoms with Crippen LogP contribution in [0.5, 0.6) is 5.75 Å². The van der Waals surface area contributed by atoms with Crippen LogP contribution in [-0.4, -0.2) is 17.1 Å². The summed E-state index contributed by atoms with van der Waals surface area (Å²) in [6.07, 6.45) is 0. The Balaban J connectivity index is 2.20. The Morgan fingerprint density at radius 2 is 2.05 bits per heavy atom. The number of ether oxygens (including phenoxy) is 1. The summed E-state index contributed by atoms with van der Waals surface area (Å²) in [5.41, 5.74) is 2.70. The molecule has 3 nitrogen and oxygen atoms in total. The van der Waals surface area contributed by atoms with E-state index in [1.54, 1.807) is 18.4 Å². The third-order valence-corrected chi connectivity index (χ3v) is 5.53. The van der Waals surface area contributed by atoms with Crippen molar-refractivity contribution in [2.45, 2.75) is 19.8 Å². The number of nitrogens with zero attached hydrogens (tertiary/aromatic N) is 2. The van der Waals surface area contributed by atoms with Crippen molar-refractivity contribution in [3.63, 3.8) is 0 Å². The largest absolute Gasteiger partial charge is 0.495 e. The summed E-state index contributed by atoms with van der Waals surface area (Å²) in [4.78, 5) is 9.40. The van der Waals surface area contributed by atoms with Crippen molar-refractivity contribution >= 4 is 56.4 Å². The van der Waals surface area contributed by atoms with Gasteiger partial charge in [-0.3, -0.25) is 0 Å². The second-order valence-corrected chi connectivity index (χ2v) is 7.60. The summed E-state index contributed by atoms with van der Waals surface area (Å²) < 4.78 is 6.39. The van der Waals surface area contributed by atoms with Crippen molar-refractivity contribution in [3.05, 3.63) is 37.9 Å². The lowest BCUT2D eigenvalue weighted by Gasteiger charge is -2.08. The molecule has 3 aromatic rings. The molecule has 0 aliphatic rings. The zero-order chi connectivity index (χ0) is 15.9. The van der Waals surface area contributed by atoms with E-state index in [1.807, 2.05) is 12.1 Å². The van der Waals surface area contributed by atoms with Gasteiger partial charge in [-0.1, -0.05) is 25.4 Å². The maximum atomic E-state index is 6.42. The van der Waals surface area contributed by atoms with Crippen LogP contribution in [0.4, 0.5) is 0 Å². The van der Waals surface area contributed by atoms with Gasteiger partial charge in [0, 0.05) is 14.3 Å². The molecule has 0 saturated heterocycles. The topological polar surface area (TPSA) is 35.0 Å². The molecule has 0 radical (unpaired) electrons. The molecule has 0 aliphatic carbocycles. The standard InChI is InChI=1S/C16H14ClIN2OS/c1-8(2)12-7-22-16(20-12)11-6-10(18)9-4-5-13(21-3)14(17)15(9)19-11/h4-8H,1-3H3. The Bertz CT molecular complexity index is 848. The van der Waals surface area contributed by atoms with Crippen LogP contribution >= 0.6 is 45.5 Å². The fraction of sp³-hybridized carbons (Fsp3) is 0.250. The molecule has 3 rings (SSSR count). The van der Waals surface area contributed by atoms with Crippen LogP contribution in [0.15, 0.2) is 23.6 Å². The normalized spacial score (nSPS) is 11.4.